The Bertz CT molecular complexity index is 427. The van der Waals surface area contributed by atoms with Crippen LogP contribution in [0.3, 0.4) is 0 Å². The summed E-state index contributed by atoms with van der Waals surface area (Å²) >= 11 is 0. The first-order valence-corrected chi connectivity index (χ1v) is 5.90. The average molecular weight is 272 g/mol. The summed E-state index contributed by atoms with van der Waals surface area (Å²) in [5, 5.41) is 38.2. The Morgan fingerprint density at radius 2 is 1.84 bits per heavy atom. The van der Waals surface area contributed by atoms with Gasteiger partial charge in [0.15, 0.2) is 12.0 Å². The van der Waals surface area contributed by atoms with Crippen LogP contribution < -0.4 is 0 Å². The highest BCUT2D eigenvalue weighted by Gasteiger charge is 2.43. The Morgan fingerprint density at radius 3 is 2.47 bits per heavy atom. The molecule has 1 fully saturated rings. The van der Waals surface area contributed by atoms with Crippen molar-refractivity contribution in [2.45, 2.75) is 36.9 Å². The second-order valence-corrected chi connectivity index (χ2v) is 4.50. The van der Waals surface area contributed by atoms with Gasteiger partial charge >= 0.3 is 0 Å². The Kier molecular flexibility index (Phi) is 4.33. The Hall–Kier alpha value is -1.25. The molecule has 1 unspecified atom stereocenters. The lowest BCUT2D eigenvalue weighted by atomic mass is 9.92. The molecule has 1 aliphatic rings. The van der Waals surface area contributed by atoms with Gasteiger partial charge in [0, 0.05) is 12.0 Å². The van der Waals surface area contributed by atoms with E-state index < -0.39 is 37.1 Å². The van der Waals surface area contributed by atoms with Crippen molar-refractivity contribution in [1.29, 1.82) is 0 Å². The molecule has 1 aromatic heterocycles. The van der Waals surface area contributed by atoms with E-state index in [9.17, 15) is 20.1 Å². The molecule has 1 saturated heterocycles. The maximum absolute atomic E-state index is 10.7. The van der Waals surface area contributed by atoms with E-state index in [-0.39, 0.29) is 12.2 Å². The molecule has 0 amide bonds. The highest BCUT2D eigenvalue weighted by molar-refractivity contribution is 5.72. The molecule has 7 heteroatoms. The van der Waals surface area contributed by atoms with Crippen molar-refractivity contribution in [3.05, 3.63) is 23.7 Å². The normalized spacial score (nSPS) is 35.3. The molecule has 106 valence electrons. The van der Waals surface area contributed by atoms with Gasteiger partial charge in [-0.3, -0.25) is 4.79 Å². The van der Waals surface area contributed by atoms with Gasteiger partial charge in [-0.1, -0.05) is 0 Å². The molecule has 4 N–H and O–H groups in total. The molecule has 1 aliphatic heterocycles. The summed E-state index contributed by atoms with van der Waals surface area (Å²) < 4.78 is 10.3. The van der Waals surface area contributed by atoms with Crippen molar-refractivity contribution in [2.75, 3.05) is 6.61 Å². The Balaban J connectivity index is 2.13. The standard InChI is InChI=1S/C12H16O7/c13-4-8-6(1-2-18-8)3-7-10(15)12(17)11(16)9(5-14)19-7/h1-2,4,7,9-12,14-17H,3,5H2/t7?,9-,10+,11-,12-/m1/s1. The van der Waals surface area contributed by atoms with Crippen molar-refractivity contribution in [1.82, 2.24) is 0 Å². The van der Waals surface area contributed by atoms with Crippen LogP contribution in [0.2, 0.25) is 0 Å². The van der Waals surface area contributed by atoms with Crippen LogP contribution in [-0.2, 0) is 11.2 Å². The third-order valence-electron chi connectivity index (χ3n) is 3.30. The lowest BCUT2D eigenvalue weighted by Crippen LogP contribution is -2.59. The minimum Gasteiger partial charge on any atom is -0.461 e. The van der Waals surface area contributed by atoms with Crippen LogP contribution in [-0.4, -0.2) is 63.8 Å². The molecule has 2 rings (SSSR count). The fourth-order valence-electron chi connectivity index (χ4n) is 2.18. The van der Waals surface area contributed by atoms with Gasteiger partial charge in [-0.05, 0) is 6.07 Å². The smallest absolute Gasteiger partial charge is 0.185 e. The van der Waals surface area contributed by atoms with E-state index in [2.05, 4.69) is 0 Å². The van der Waals surface area contributed by atoms with Gasteiger partial charge in [-0.15, -0.1) is 0 Å². The fourth-order valence-corrected chi connectivity index (χ4v) is 2.18. The molecule has 0 aliphatic carbocycles. The number of hydrogen-bond acceptors (Lipinski definition) is 7. The molecule has 0 spiro atoms. The molecule has 0 radical (unpaired) electrons. The van der Waals surface area contributed by atoms with Crippen LogP contribution >= 0.6 is 0 Å². The number of aldehydes is 1. The van der Waals surface area contributed by atoms with E-state index in [0.717, 1.165) is 0 Å². The highest BCUT2D eigenvalue weighted by Crippen LogP contribution is 2.24. The Morgan fingerprint density at radius 1 is 1.16 bits per heavy atom. The number of carbonyl (C=O) groups excluding carboxylic acids is 1. The zero-order valence-corrected chi connectivity index (χ0v) is 10.0. The first-order chi connectivity index (χ1) is 9.08. The number of aliphatic hydroxyl groups is 4. The van der Waals surface area contributed by atoms with Gasteiger partial charge in [0.25, 0.3) is 0 Å². The lowest BCUT2D eigenvalue weighted by molar-refractivity contribution is -0.228. The molecule has 0 bridgehead atoms. The summed E-state index contributed by atoms with van der Waals surface area (Å²) in [4.78, 5) is 10.7. The third-order valence-corrected chi connectivity index (χ3v) is 3.30. The highest BCUT2D eigenvalue weighted by atomic mass is 16.5. The number of aliphatic hydroxyl groups excluding tert-OH is 4. The zero-order chi connectivity index (χ0) is 14.0. The molecule has 19 heavy (non-hydrogen) atoms. The van der Waals surface area contributed by atoms with Gasteiger partial charge in [0.05, 0.1) is 19.0 Å². The molecular formula is C12H16O7. The van der Waals surface area contributed by atoms with Crippen molar-refractivity contribution in [2.24, 2.45) is 0 Å². The predicted octanol–water partition coefficient (Wildman–Crippen LogP) is -1.52. The number of rotatable bonds is 4. The largest absolute Gasteiger partial charge is 0.461 e. The second-order valence-electron chi connectivity index (χ2n) is 4.50. The van der Waals surface area contributed by atoms with Crippen LogP contribution in [0.25, 0.3) is 0 Å². The summed E-state index contributed by atoms with van der Waals surface area (Å²) in [6.45, 7) is -0.479. The van der Waals surface area contributed by atoms with E-state index in [4.69, 9.17) is 14.3 Å². The Labute approximate surface area is 109 Å². The van der Waals surface area contributed by atoms with Gasteiger partial charge in [0.1, 0.15) is 24.4 Å². The maximum atomic E-state index is 10.7. The second kappa shape index (κ2) is 5.81. The van der Waals surface area contributed by atoms with E-state index >= 15 is 0 Å². The van der Waals surface area contributed by atoms with Crippen molar-refractivity contribution in [3.8, 4) is 0 Å². The van der Waals surface area contributed by atoms with Crippen LogP contribution in [0.5, 0.6) is 0 Å². The molecule has 0 saturated carbocycles. The molecule has 2 heterocycles. The molecule has 0 aromatic carbocycles. The fraction of sp³-hybridized carbons (Fsp3) is 0.583. The van der Waals surface area contributed by atoms with Crippen molar-refractivity contribution < 1.29 is 34.4 Å². The number of hydrogen-bond donors (Lipinski definition) is 4. The third kappa shape index (κ3) is 2.70. The minimum atomic E-state index is -1.41. The van der Waals surface area contributed by atoms with Gasteiger partial charge in [0.2, 0.25) is 0 Å². The molecule has 7 nitrogen and oxygen atoms in total. The van der Waals surface area contributed by atoms with Crippen LogP contribution in [0.4, 0.5) is 0 Å². The first-order valence-electron chi connectivity index (χ1n) is 5.90. The monoisotopic (exact) mass is 272 g/mol. The quantitative estimate of drug-likeness (QED) is 0.491. The topological polar surface area (TPSA) is 120 Å². The maximum Gasteiger partial charge on any atom is 0.185 e. The number of furan rings is 1. The lowest BCUT2D eigenvalue weighted by Gasteiger charge is -2.40. The van der Waals surface area contributed by atoms with Crippen LogP contribution in [0.15, 0.2) is 16.7 Å². The van der Waals surface area contributed by atoms with E-state index in [1.54, 1.807) is 6.07 Å². The van der Waals surface area contributed by atoms with Gasteiger partial charge in [-0.25, -0.2) is 0 Å². The summed E-state index contributed by atoms with van der Waals surface area (Å²) in [5.41, 5.74) is 0.527. The SMILES string of the molecule is O=Cc1occc1CC1O[C@H](CO)[C@@H](O)[C@H](O)[C@H]1O. The van der Waals surface area contributed by atoms with E-state index in [0.29, 0.717) is 11.8 Å². The number of carbonyl (C=O) groups is 1. The molecular weight excluding hydrogens is 256 g/mol. The molecule has 5 atom stereocenters. The first kappa shape index (κ1) is 14.2. The summed E-state index contributed by atoms with van der Waals surface area (Å²) in [6, 6.07) is 1.56. The summed E-state index contributed by atoms with van der Waals surface area (Å²) in [7, 11) is 0. The van der Waals surface area contributed by atoms with Gasteiger partial charge in [-0.2, -0.15) is 0 Å². The van der Waals surface area contributed by atoms with Crippen LogP contribution in [0, 0.1) is 0 Å². The predicted molar refractivity (Wildman–Crippen MR) is 61.6 cm³/mol. The van der Waals surface area contributed by atoms with Crippen LogP contribution in [0.1, 0.15) is 16.1 Å². The van der Waals surface area contributed by atoms with E-state index in [1.807, 2.05) is 0 Å². The summed E-state index contributed by atoms with van der Waals surface area (Å²) in [5.74, 6) is 0.122. The average Bonchev–Trinajstić information content (AvgIpc) is 2.86. The van der Waals surface area contributed by atoms with Crippen molar-refractivity contribution >= 4 is 6.29 Å². The van der Waals surface area contributed by atoms with Crippen molar-refractivity contribution in [3.63, 3.8) is 0 Å². The summed E-state index contributed by atoms with van der Waals surface area (Å²) in [6.07, 6.45) is -3.89. The zero-order valence-electron chi connectivity index (χ0n) is 10.0. The molecule has 1 aromatic rings. The minimum absolute atomic E-state index is 0.122. The van der Waals surface area contributed by atoms with E-state index in [1.165, 1.54) is 6.26 Å². The van der Waals surface area contributed by atoms with Gasteiger partial charge < -0.3 is 29.6 Å². The number of ether oxygens (including phenoxy) is 1.